The van der Waals surface area contributed by atoms with Crippen molar-refractivity contribution in [2.45, 2.75) is 25.0 Å². The minimum absolute atomic E-state index is 0.0463. The Morgan fingerprint density at radius 1 is 1.50 bits per heavy atom. The van der Waals surface area contributed by atoms with Crippen molar-refractivity contribution in [2.24, 2.45) is 5.73 Å². The average Bonchev–Trinajstić information content (AvgIpc) is 2.48. The highest BCUT2D eigenvalue weighted by atomic mass is 19.1. The van der Waals surface area contributed by atoms with Gasteiger partial charge in [-0.05, 0) is 31.0 Å². The largest absolute Gasteiger partial charge is 0.381 e. The Morgan fingerprint density at radius 3 is 2.90 bits per heavy atom. The van der Waals surface area contributed by atoms with Crippen LogP contribution < -0.4 is 5.73 Å². The van der Waals surface area contributed by atoms with E-state index < -0.39 is 17.5 Å². The van der Waals surface area contributed by atoms with Crippen LogP contribution in [-0.2, 0) is 4.74 Å². The Kier molecular flexibility index (Phi) is 4.67. The highest BCUT2D eigenvalue weighted by molar-refractivity contribution is 5.94. The van der Waals surface area contributed by atoms with Crippen molar-refractivity contribution in [2.75, 3.05) is 20.2 Å². The SMILES string of the molecule is COC1CCN(C(=O)c2cc(F)ccc2F)C(CN)C1. The van der Waals surface area contributed by atoms with Crippen molar-refractivity contribution in [1.82, 2.24) is 4.90 Å². The molecule has 0 aromatic heterocycles. The molecule has 0 radical (unpaired) electrons. The molecule has 0 bridgehead atoms. The average molecular weight is 284 g/mol. The number of nitrogens with two attached hydrogens (primary N) is 1. The predicted octanol–water partition coefficient (Wildman–Crippen LogP) is 1.54. The number of hydrogen-bond acceptors (Lipinski definition) is 3. The van der Waals surface area contributed by atoms with Gasteiger partial charge in [-0.1, -0.05) is 0 Å². The van der Waals surface area contributed by atoms with E-state index in [9.17, 15) is 13.6 Å². The molecule has 1 aromatic carbocycles. The van der Waals surface area contributed by atoms with E-state index in [-0.39, 0.29) is 24.3 Å². The van der Waals surface area contributed by atoms with Crippen molar-refractivity contribution in [3.8, 4) is 0 Å². The Morgan fingerprint density at radius 2 is 2.25 bits per heavy atom. The van der Waals surface area contributed by atoms with Gasteiger partial charge in [0, 0.05) is 26.2 Å². The van der Waals surface area contributed by atoms with E-state index >= 15 is 0 Å². The van der Waals surface area contributed by atoms with E-state index in [0.717, 1.165) is 18.2 Å². The van der Waals surface area contributed by atoms with Gasteiger partial charge in [0.15, 0.2) is 0 Å². The molecule has 4 nitrogen and oxygen atoms in total. The van der Waals surface area contributed by atoms with Gasteiger partial charge in [-0.2, -0.15) is 0 Å². The molecule has 1 amide bonds. The van der Waals surface area contributed by atoms with Gasteiger partial charge in [-0.25, -0.2) is 8.78 Å². The molecule has 2 rings (SSSR count). The number of methoxy groups -OCH3 is 1. The van der Waals surface area contributed by atoms with E-state index in [4.69, 9.17) is 10.5 Å². The molecule has 0 saturated carbocycles. The van der Waals surface area contributed by atoms with Gasteiger partial charge in [0.25, 0.3) is 5.91 Å². The molecule has 0 spiro atoms. The van der Waals surface area contributed by atoms with Crippen LogP contribution in [0.15, 0.2) is 18.2 Å². The van der Waals surface area contributed by atoms with E-state index in [1.807, 2.05) is 0 Å². The van der Waals surface area contributed by atoms with Gasteiger partial charge in [0.1, 0.15) is 11.6 Å². The van der Waals surface area contributed by atoms with Gasteiger partial charge in [0.2, 0.25) is 0 Å². The molecule has 2 atom stereocenters. The summed E-state index contributed by atoms with van der Waals surface area (Å²) in [6.45, 7) is 0.692. The molecule has 110 valence electrons. The van der Waals surface area contributed by atoms with Crippen LogP contribution in [0, 0.1) is 11.6 Å². The van der Waals surface area contributed by atoms with Gasteiger partial charge < -0.3 is 15.4 Å². The lowest BCUT2D eigenvalue weighted by Crippen LogP contribution is -2.51. The number of carbonyl (C=O) groups excluding carboxylic acids is 1. The quantitative estimate of drug-likeness (QED) is 0.916. The molecule has 1 aliphatic heterocycles. The minimum Gasteiger partial charge on any atom is -0.381 e. The van der Waals surface area contributed by atoms with Crippen molar-refractivity contribution < 1.29 is 18.3 Å². The minimum atomic E-state index is -0.721. The van der Waals surface area contributed by atoms with Crippen LogP contribution in [0.2, 0.25) is 0 Å². The zero-order valence-electron chi connectivity index (χ0n) is 11.3. The summed E-state index contributed by atoms with van der Waals surface area (Å²) in [5.41, 5.74) is 5.43. The molecule has 1 saturated heterocycles. The lowest BCUT2D eigenvalue weighted by molar-refractivity contribution is 0.0136. The number of likely N-dealkylation sites (tertiary alicyclic amines) is 1. The molecule has 1 aliphatic rings. The number of halogens is 2. The molecular weight excluding hydrogens is 266 g/mol. The van der Waals surface area contributed by atoms with E-state index in [2.05, 4.69) is 0 Å². The van der Waals surface area contributed by atoms with Gasteiger partial charge in [-0.3, -0.25) is 4.79 Å². The summed E-state index contributed by atoms with van der Waals surface area (Å²) in [5.74, 6) is -1.88. The molecular formula is C14H18F2N2O2. The van der Waals surface area contributed by atoms with Crippen LogP contribution in [0.25, 0.3) is 0 Å². The van der Waals surface area contributed by atoms with Crippen LogP contribution in [0.4, 0.5) is 8.78 Å². The fraction of sp³-hybridized carbons (Fsp3) is 0.500. The molecule has 1 aromatic rings. The zero-order valence-corrected chi connectivity index (χ0v) is 11.3. The van der Waals surface area contributed by atoms with Crippen molar-refractivity contribution in [3.05, 3.63) is 35.4 Å². The second-order valence-electron chi connectivity index (χ2n) is 4.89. The first-order valence-corrected chi connectivity index (χ1v) is 6.55. The number of hydrogen-bond donors (Lipinski definition) is 1. The molecule has 1 heterocycles. The fourth-order valence-electron chi connectivity index (χ4n) is 2.54. The third-order valence-electron chi connectivity index (χ3n) is 3.69. The van der Waals surface area contributed by atoms with E-state index in [0.29, 0.717) is 19.4 Å². The number of rotatable bonds is 3. The van der Waals surface area contributed by atoms with Crippen LogP contribution in [0.3, 0.4) is 0 Å². The fourth-order valence-corrected chi connectivity index (χ4v) is 2.54. The highest BCUT2D eigenvalue weighted by Gasteiger charge is 2.32. The summed E-state index contributed by atoms with van der Waals surface area (Å²) in [5, 5.41) is 0. The maximum Gasteiger partial charge on any atom is 0.257 e. The number of piperidine rings is 1. The van der Waals surface area contributed by atoms with Crippen molar-refractivity contribution in [3.63, 3.8) is 0 Å². The second kappa shape index (κ2) is 6.28. The third-order valence-corrected chi connectivity index (χ3v) is 3.69. The van der Waals surface area contributed by atoms with Crippen LogP contribution in [0.1, 0.15) is 23.2 Å². The summed E-state index contributed by atoms with van der Waals surface area (Å²) in [7, 11) is 1.61. The zero-order chi connectivity index (χ0) is 14.7. The molecule has 20 heavy (non-hydrogen) atoms. The monoisotopic (exact) mass is 284 g/mol. The summed E-state index contributed by atoms with van der Waals surface area (Å²) in [6, 6.07) is 2.66. The van der Waals surface area contributed by atoms with Gasteiger partial charge in [0.05, 0.1) is 11.7 Å². The first-order chi connectivity index (χ1) is 9.56. The third kappa shape index (κ3) is 2.96. The Bertz CT molecular complexity index is 496. The molecule has 0 aliphatic carbocycles. The van der Waals surface area contributed by atoms with Crippen molar-refractivity contribution in [1.29, 1.82) is 0 Å². The summed E-state index contributed by atoms with van der Waals surface area (Å²) in [4.78, 5) is 13.9. The highest BCUT2D eigenvalue weighted by Crippen LogP contribution is 2.22. The Labute approximate surface area is 116 Å². The van der Waals surface area contributed by atoms with Gasteiger partial charge in [-0.15, -0.1) is 0 Å². The number of carbonyl (C=O) groups is 1. The van der Waals surface area contributed by atoms with E-state index in [1.165, 1.54) is 4.90 Å². The van der Waals surface area contributed by atoms with Gasteiger partial charge >= 0.3 is 0 Å². The summed E-state index contributed by atoms with van der Waals surface area (Å²) < 4.78 is 32.1. The maximum absolute atomic E-state index is 13.7. The Balaban J connectivity index is 2.21. The number of nitrogens with zero attached hydrogens (tertiary/aromatic N) is 1. The summed E-state index contributed by atoms with van der Waals surface area (Å²) >= 11 is 0. The van der Waals surface area contributed by atoms with Crippen LogP contribution >= 0.6 is 0 Å². The molecule has 2 unspecified atom stereocenters. The number of amides is 1. The first kappa shape index (κ1) is 14.9. The smallest absolute Gasteiger partial charge is 0.257 e. The van der Waals surface area contributed by atoms with E-state index in [1.54, 1.807) is 7.11 Å². The first-order valence-electron chi connectivity index (χ1n) is 6.55. The summed E-state index contributed by atoms with van der Waals surface area (Å²) in [6.07, 6.45) is 1.32. The molecule has 1 fully saturated rings. The molecule has 2 N–H and O–H groups in total. The number of benzene rings is 1. The van der Waals surface area contributed by atoms with Crippen LogP contribution in [0.5, 0.6) is 0 Å². The lowest BCUT2D eigenvalue weighted by atomic mass is 9.98. The normalized spacial score (nSPS) is 22.9. The standard InChI is InChI=1S/C14H18F2N2O2/c1-20-11-4-5-18(10(7-11)8-17)14(19)12-6-9(15)2-3-13(12)16/h2-3,6,10-11H,4-5,7-8,17H2,1H3. The topological polar surface area (TPSA) is 55.6 Å². The second-order valence-corrected chi connectivity index (χ2v) is 4.89. The Hall–Kier alpha value is -1.53. The number of ether oxygens (including phenoxy) is 1. The van der Waals surface area contributed by atoms with Crippen LogP contribution in [-0.4, -0.2) is 43.2 Å². The lowest BCUT2D eigenvalue weighted by Gasteiger charge is -2.38. The van der Waals surface area contributed by atoms with Crippen molar-refractivity contribution >= 4 is 5.91 Å². The molecule has 6 heteroatoms. The maximum atomic E-state index is 13.7. The predicted molar refractivity (Wildman–Crippen MR) is 70.3 cm³/mol.